The molecule has 2 N–H and O–H groups in total. The molecule has 5 heteroatoms. The normalized spacial score (nSPS) is 40.7. The second kappa shape index (κ2) is 5.42. The van der Waals surface area contributed by atoms with E-state index in [1.165, 1.54) is 0 Å². The van der Waals surface area contributed by atoms with Crippen molar-refractivity contribution in [3.63, 3.8) is 0 Å². The Morgan fingerprint density at radius 1 is 1.25 bits per heavy atom. The molecule has 0 bridgehead atoms. The number of ether oxygens (including phenoxy) is 2. The van der Waals surface area contributed by atoms with Gasteiger partial charge in [-0.3, -0.25) is 4.90 Å². The fourth-order valence-electron chi connectivity index (χ4n) is 2.67. The van der Waals surface area contributed by atoms with Crippen LogP contribution in [0.1, 0.15) is 6.42 Å². The smallest absolute Gasteiger partial charge is 0.0971 e. The second-order valence-electron chi connectivity index (χ2n) is 4.76. The van der Waals surface area contributed by atoms with Gasteiger partial charge in [-0.05, 0) is 6.42 Å². The number of aliphatic hydroxyl groups excluding tert-OH is 1. The highest BCUT2D eigenvalue weighted by Crippen LogP contribution is 2.17. The molecule has 0 aromatic rings. The summed E-state index contributed by atoms with van der Waals surface area (Å²) < 4.78 is 10.8. The summed E-state index contributed by atoms with van der Waals surface area (Å²) in [4.78, 5) is 2.35. The second-order valence-corrected chi connectivity index (χ2v) is 4.76. The van der Waals surface area contributed by atoms with E-state index >= 15 is 0 Å². The van der Waals surface area contributed by atoms with Crippen LogP contribution in [0.25, 0.3) is 0 Å². The minimum atomic E-state index is -0.177. The van der Waals surface area contributed by atoms with Gasteiger partial charge in [-0.15, -0.1) is 0 Å². The third-order valence-electron chi connectivity index (χ3n) is 3.57. The van der Waals surface area contributed by atoms with Crippen molar-refractivity contribution in [2.75, 3.05) is 40.4 Å². The number of rotatable bonds is 4. The monoisotopic (exact) mass is 230 g/mol. The molecule has 0 amide bonds. The lowest BCUT2D eigenvalue weighted by Crippen LogP contribution is -2.37. The highest BCUT2D eigenvalue weighted by molar-refractivity contribution is 4.90. The van der Waals surface area contributed by atoms with E-state index in [0.717, 1.165) is 32.6 Å². The number of nitrogens with one attached hydrogen (secondary N) is 1. The van der Waals surface area contributed by atoms with Gasteiger partial charge in [0, 0.05) is 46.4 Å². The fraction of sp³-hybridized carbons (Fsp3) is 1.00. The molecule has 5 nitrogen and oxygen atoms in total. The fourth-order valence-corrected chi connectivity index (χ4v) is 2.67. The van der Waals surface area contributed by atoms with Crippen LogP contribution in [-0.4, -0.2) is 74.8 Å². The van der Waals surface area contributed by atoms with Crippen molar-refractivity contribution in [1.29, 1.82) is 0 Å². The number of aliphatic hydroxyl groups is 1. The lowest BCUT2D eigenvalue weighted by atomic mass is 10.2. The summed E-state index contributed by atoms with van der Waals surface area (Å²) in [6.07, 6.45) is 1.03. The molecule has 2 heterocycles. The minimum absolute atomic E-state index is 0.177. The molecule has 0 saturated carbocycles. The molecule has 0 aromatic heterocycles. The van der Waals surface area contributed by atoms with E-state index < -0.39 is 0 Å². The van der Waals surface area contributed by atoms with E-state index in [9.17, 15) is 5.11 Å². The maximum Gasteiger partial charge on any atom is 0.0971 e. The van der Waals surface area contributed by atoms with Crippen LogP contribution in [0.15, 0.2) is 0 Å². The quantitative estimate of drug-likeness (QED) is 0.652. The maximum atomic E-state index is 9.44. The van der Waals surface area contributed by atoms with Crippen LogP contribution in [0.5, 0.6) is 0 Å². The first-order valence-corrected chi connectivity index (χ1v) is 5.92. The number of hydrogen-bond acceptors (Lipinski definition) is 5. The highest BCUT2D eigenvalue weighted by atomic mass is 16.5. The largest absolute Gasteiger partial charge is 0.392 e. The summed E-state index contributed by atoms with van der Waals surface area (Å²) in [6, 6.07) is 0.406. The van der Waals surface area contributed by atoms with Crippen LogP contribution >= 0.6 is 0 Å². The maximum absolute atomic E-state index is 9.44. The third-order valence-corrected chi connectivity index (χ3v) is 3.57. The van der Waals surface area contributed by atoms with Gasteiger partial charge in [0.25, 0.3) is 0 Å². The molecule has 4 unspecified atom stereocenters. The van der Waals surface area contributed by atoms with Gasteiger partial charge >= 0.3 is 0 Å². The van der Waals surface area contributed by atoms with Gasteiger partial charge in [0.2, 0.25) is 0 Å². The Balaban J connectivity index is 1.79. The molecule has 0 spiro atoms. The zero-order valence-electron chi connectivity index (χ0n) is 10.1. The lowest BCUT2D eigenvalue weighted by Gasteiger charge is -2.19. The topological polar surface area (TPSA) is 54.0 Å². The predicted molar refractivity (Wildman–Crippen MR) is 60.4 cm³/mol. The van der Waals surface area contributed by atoms with Crippen LogP contribution in [0, 0.1) is 0 Å². The molecule has 2 saturated heterocycles. The van der Waals surface area contributed by atoms with Crippen molar-refractivity contribution in [1.82, 2.24) is 10.2 Å². The number of likely N-dealkylation sites (tertiary alicyclic amines) is 1. The Labute approximate surface area is 96.7 Å². The standard InChI is InChI=1S/C11H22N2O3/c1-15-10-6-13(7-11(10)16-2)5-8-3-9(14)4-12-8/h8-12,14H,3-7H2,1-2H3. The summed E-state index contributed by atoms with van der Waals surface area (Å²) in [5.74, 6) is 0. The molecule has 4 atom stereocenters. The molecule has 2 fully saturated rings. The van der Waals surface area contributed by atoms with E-state index in [-0.39, 0.29) is 18.3 Å². The van der Waals surface area contributed by atoms with Gasteiger partial charge in [0.05, 0.1) is 18.3 Å². The van der Waals surface area contributed by atoms with E-state index in [4.69, 9.17) is 9.47 Å². The molecule has 2 aliphatic heterocycles. The summed E-state index contributed by atoms with van der Waals surface area (Å²) in [7, 11) is 3.47. The van der Waals surface area contributed by atoms with E-state index in [0.29, 0.717) is 6.04 Å². The van der Waals surface area contributed by atoms with Crippen molar-refractivity contribution in [2.24, 2.45) is 0 Å². The highest BCUT2D eigenvalue weighted by Gasteiger charge is 2.34. The average molecular weight is 230 g/mol. The van der Waals surface area contributed by atoms with Crippen molar-refractivity contribution in [2.45, 2.75) is 30.8 Å². The Bertz CT molecular complexity index is 215. The van der Waals surface area contributed by atoms with E-state index in [1.807, 2.05) is 0 Å². The minimum Gasteiger partial charge on any atom is -0.392 e. The van der Waals surface area contributed by atoms with Crippen molar-refractivity contribution in [3.05, 3.63) is 0 Å². The first-order valence-electron chi connectivity index (χ1n) is 5.92. The molecule has 2 rings (SSSR count). The van der Waals surface area contributed by atoms with Crippen LogP contribution in [0.2, 0.25) is 0 Å². The third kappa shape index (κ3) is 2.73. The Morgan fingerprint density at radius 2 is 1.88 bits per heavy atom. The SMILES string of the molecule is COC1CN(CC2CC(O)CN2)CC1OC. The Kier molecular flexibility index (Phi) is 4.16. The van der Waals surface area contributed by atoms with Crippen LogP contribution < -0.4 is 5.32 Å². The van der Waals surface area contributed by atoms with Gasteiger partial charge in [0.1, 0.15) is 0 Å². The summed E-state index contributed by atoms with van der Waals surface area (Å²) in [5.41, 5.74) is 0. The number of β-amino-alcohol motifs (C(OH)–C–C–N with tert-alkyl or cyclic N) is 1. The summed E-state index contributed by atoms with van der Waals surface area (Å²) in [5, 5.41) is 12.8. The molecule has 0 radical (unpaired) electrons. The van der Waals surface area contributed by atoms with Gasteiger partial charge < -0.3 is 19.9 Å². The van der Waals surface area contributed by atoms with E-state index in [1.54, 1.807) is 14.2 Å². The van der Waals surface area contributed by atoms with Gasteiger partial charge in [0.15, 0.2) is 0 Å². The van der Waals surface area contributed by atoms with Crippen molar-refractivity contribution >= 4 is 0 Å². The molecule has 0 aliphatic carbocycles. The lowest BCUT2D eigenvalue weighted by molar-refractivity contribution is -0.00461. The predicted octanol–water partition coefficient (Wildman–Crippen LogP) is -0.945. The Hall–Kier alpha value is -0.200. The zero-order chi connectivity index (χ0) is 11.5. The molecule has 16 heavy (non-hydrogen) atoms. The summed E-state index contributed by atoms with van der Waals surface area (Å²) in [6.45, 7) is 3.53. The van der Waals surface area contributed by atoms with Crippen LogP contribution in [0.4, 0.5) is 0 Å². The average Bonchev–Trinajstić information content (AvgIpc) is 2.85. The van der Waals surface area contributed by atoms with Gasteiger partial charge in [-0.1, -0.05) is 0 Å². The molecule has 0 aromatic carbocycles. The van der Waals surface area contributed by atoms with E-state index in [2.05, 4.69) is 10.2 Å². The zero-order valence-corrected chi connectivity index (χ0v) is 10.1. The van der Waals surface area contributed by atoms with Crippen molar-refractivity contribution in [3.8, 4) is 0 Å². The van der Waals surface area contributed by atoms with Crippen LogP contribution in [0.3, 0.4) is 0 Å². The molecule has 94 valence electrons. The summed E-state index contributed by atoms with van der Waals surface area (Å²) >= 11 is 0. The van der Waals surface area contributed by atoms with Gasteiger partial charge in [-0.25, -0.2) is 0 Å². The van der Waals surface area contributed by atoms with Crippen LogP contribution in [-0.2, 0) is 9.47 Å². The van der Waals surface area contributed by atoms with Crippen molar-refractivity contribution < 1.29 is 14.6 Å². The number of methoxy groups -OCH3 is 2. The molecular weight excluding hydrogens is 208 g/mol. The Morgan fingerprint density at radius 3 is 2.31 bits per heavy atom. The van der Waals surface area contributed by atoms with Gasteiger partial charge in [-0.2, -0.15) is 0 Å². The first kappa shape index (κ1) is 12.3. The molecular formula is C11H22N2O3. The number of nitrogens with zero attached hydrogens (tertiary/aromatic N) is 1. The number of hydrogen-bond donors (Lipinski definition) is 2. The molecule has 2 aliphatic rings. The first-order chi connectivity index (χ1) is 7.72.